The molecular formula is C19H20N4O. The normalized spacial score (nSPS) is 14.2. The van der Waals surface area contributed by atoms with Gasteiger partial charge < -0.3 is 5.32 Å². The quantitative estimate of drug-likeness (QED) is 0.735. The number of amides is 1. The Bertz CT molecular complexity index is 896. The SMILES string of the molecule is Cc1ccc(NC(=O)c2cnn3c4c(cnc23)CCCCC4)cc1. The van der Waals surface area contributed by atoms with Crippen molar-refractivity contribution in [1.29, 1.82) is 0 Å². The van der Waals surface area contributed by atoms with Gasteiger partial charge in [-0.25, -0.2) is 9.50 Å². The summed E-state index contributed by atoms with van der Waals surface area (Å²) in [5.74, 6) is -0.171. The van der Waals surface area contributed by atoms with E-state index < -0.39 is 0 Å². The minimum absolute atomic E-state index is 0.171. The molecule has 0 saturated heterocycles. The Hall–Kier alpha value is -2.69. The molecule has 0 atom stereocenters. The van der Waals surface area contributed by atoms with E-state index in [0.29, 0.717) is 11.2 Å². The first kappa shape index (κ1) is 14.9. The van der Waals surface area contributed by atoms with Gasteiger partial charge in [-0.3, -0.25) is 4.79 Å². The number of hydrogen-bond acceptors (Lipinski definition) is 3. The van der Waals surface area contributed by atoms with Crippen molar-refractivity contribution in [2.75, 3.05) is 5.32 Å². The van der Waals surface area contributed by atoms with Crippen LogP contribution in [0.15, 0.2) is 36.7 Å². The summed E-state index contributed by atoms with van der Waals surface area (Å²) in [5, 5.41) is 7.37. The first-order chi connectivity index (χ1) is 11.7. The summed E-state index contributed by atoms with van der Waals surface area (Å²) in [7, 11) is 0. The molecule has 2 heterocycles. The van der Waals surface area contributed by atoms with Gasteiger partial charge in [-0.05, 0) is 50.3 Å². The number of carbonyl (C=O) groups is 1. The number of carbonyl (C=O) groups excluding carboxylic acids is 1. The van der Waals surface area contributed by atoms with Crippen LogP contribution in [0.25, 0.3) is 5.65 Å². The number of anilines is 1. The predicted octanol–water partition coefficient (Wildman–Crippen LogP) is 3.56. The van der Waals surface area contributed by atoms with Crippen LogP contribution >= 0.6 is 0 Å². The van der Waals surface area contributed by atoms with E-state index in [4.69, 9.17) is 0 Å². The minimum Gasteiger partial charge on any atom is -0.322 e. The average Bonchev–Trinajstić information content (AvgIpc) is 2.87. The average molecular weight is 320 g/mol. The molecule has 1 N–H and O–H groups in total. The molecule has 0 bridgehead atoms. The Kier molecular flexibility index (Phi) is 3.76. The van der Waals surface area contributed by atoms with Crippen LogP contribution in [0, 0.1) is 6.92 Å². The van der Waals surface area contributed by atoms with Gasteiger partial charge >= 0.3 is 0 Å². The van der Waals surface area contributed by atoms with Gasteiger partial charge in [-0.2, -0.15) is 5.10 Å². The number of benzene rings is 1. The third kappa shape index (κ3) is 2.66. The molecule has 122 valence electrons. The Morgan fingerprint density at radius 1 is 1.08 bits per heavy atom. The van der Waals surface area contributed by atoms with Crippen LogP contribution in [0.2, 0.25) is 0 Å². The Balaban J connectivity index is 1.68. The lowest BCUT2D eigenvalue weighted by molar-refractivity contribution is 0.102. The van der Waals surface area contributed by atoms with Crippen molar-refractivity contribution < 1.29 is 4.79 Å². The molecule has 2 aromatic heterocycles. The van der Waals surface area contributed by atoms with Crippen molar-refractivity contribution in [3.05, 3.63) is 59.0 Å². The molecule has 1 amide bonds. The zero-order chi connectivity index (χ0) is 16.5. The van der Waals surface area contributed by atoms with E-state index in [-0.39, 0.29) is 5.91 Å². The molecule has 0 radical (unpaired) electrons. The maximum Gasteiger partial charge on any atom is 0.261 e. The van der Waals surface area contributed by atoms with Gasteiger partial charge in [0.1, 0.15) is 5.56 Å². The molecule has 3 aromatic rings. The van der Waals surface area contributed by atoms with Crippen LogP contribution in [-0.2, 0) is 12.8 Å². The largest absolute Gasteiger partial charge is 0.322 e. The fourth-order valence-corrected chi connectivity index (χ4v) is 3.27. The lowest BCUT2D eigenvalue weighted by Crippen LogP contribution is -2.12. The van der Waals surface area contributed by atoms with Crippen molar-refractivity contribution in [2.45, 2.75) is 39.0 Å². The molecule has 1 aromatic carbocycles. The van der Waals surface area contributed by atoms with Crippen LogP contribution in [0.1, 0.15) is 46.4 Å². The first-order valence-corrected chi connectivity index (χ1v) is 8.45. The number of aromatic nitrogens is 3. The number of nitrogens with one attached hydrogen (secondary N) is 1. The molecule has 0 spiro atoms. The second kappa shape index (κ2) is 6.07. The van der Waals surface area contributed by atoms with E-state index in [0.717, 1.165) is 30.5 Å². The lowest BCUT2D eigenvalue weighted by atomic mass is 10.1. The van der Waals surface area contributed by atoms with Crippen molar-refractivity contribution in [3.8, 4) is 0 Å². The molecule has 5 nitrogen and oxygen atoms in total. The van der Waals surface area contributed by atoms with Crippen molar-refractivity contribution in [3.63, 3.8) is 0 Å². The summed E-state index contributed by atoms with van der Waals surface area (Å²) < 4.78 is 1.85. The van der Waals surface area contributed by atoms with Crippen molar-refractivity contribution in [1.82, 2.24) is 14.6 Å². The molecule has 0 fully saturated rings. The number of aryl methyl sites for hydroxylation is 3. The van der Waals surface area contributed by atoms with E-state index >= 15 is 0 Å². The molecule has 1 aliphatic rings. The van der Waals surface area contributed by atoms with E-state index in [1.165, 1.54) is 24.1 Å². The fourth-order valence-electron chi connectivity index (χ4n) is 3.27. The number of fused-ring (bicyclic) bond motifs is 3. The molecule has 0 unspecified atom stereocenters. The summed E-state index contributed by atoms with van der Waals surface area (Å²) >= 11 is 0. The Morgan fingerprint density at radius 3 is 2.71 bits per heavy atom. The van der Waals surface area contributed by atoms with Gasteiger partial charge in [0, 0.05) is 17.6 Å². The van der Waals surface area contributed by atoms with E-state index in [1.54, 1.807) is 6.20 Å². The molecule has 5 heteroatoms. The van der Waals surface area contributed by atoms with E-state index in [1.807, 2.05) is 41.9 Å². The highest BCUT2D eigenvalue weighted by molar-refractivity contribution is 6.08. The zero-order valence-electron chi connectivity index (χ0n) is 13.7. The topological polar surface area (TPSA) is 59.3 Å². The molecule has 0 saturated carbocycles. The van der Waals surface area contributed by atoms with Crippen LogP contribution in [0.4, 0.5) is 5.69 Å². The smallest absolute Gasteiger partial charge is 0.261 e. The molecule has 24 heavy (non-hydrogen) atoms. The number of hydrogen-bond donors (Lipinski definition) is 1. The zero-order valence-corrected chi connectivity index (χ0v) is 13.7. The second-order valence-electron chi connectivity index (χ2n) is 6.40. The monoisotopic (exact) mass is 320 g/mol. The number of rotatable bonds is 2. The Morgan fingerprint density at radius 2 is 1.88 bits per heavy atom. The summed E-state index contributed by atoms with van der Waals surface area (Å²) in [4.78, 5) is 17.1. The van der Waals surface area contributed by atoms with Gasteiger partial charge in [0.2, 0.25) is 0 Å². The Labute approximate surface area is 140 Å². The fraction of sp³-hybridized carbons (Fsp3) is 0.316. The predicted molar refractivity (Wildman–Crippen MR) is 93.4 cm³/mol. The molecule has 0 aliphatic heterocycles. The third-order valence-electron chi connectivity index (χ3n) is 4.63. The molecular weight excluding hydrogens is 300 g/mol. The third-order valence-corrected chi connectivity index (χ3v) is 4.63. The van der Waals surface area contributed by atoms with Crippen LogP contribution < -0.4 is 5.32 Å². The highest BCUT2D eigenvalue weighted by atomic mass is 16.1. The summed E-state index contributed by atoms with van der Waals surface area (Å²) in [5.41, 5.74) is 5.55. The summed E-state index contributed by atoms with van der Waals surface area (Å²) in [6.07, 6.45) is 9.17. The minimum atomic E-state index is -0.171. The van der Waals surface area contributed by atoms with Gasteiger partial charge in [0.05, 0.1) is 6.20 Å². The van der Waals surface area contributed by atoms with Crippen molar-refractivity contribution in [2.24, 2.45) is 0 Å². The standard InChI is InChI=1S/C19H20N4O/c1-13-7-9-15(10-8-13)22-19(24)16-12-21-23-17-6-4-2-3-5-14(17)11-20-18(16)23/h7-12H,2-6H2,1H3,(H,22,24). The highest BCUT2D eigenvalue weighted by Gasteiger charge is 2.19. The van der Waals surface area contributed by atoms with Gasteiger partial charge in [-0.1, -0.05) is 24.1 Å². The highest BCUT2D eigenvalue weighted by Crippen LogP contribution is 2.22. The summed E-state index contributed by atoms with van der Waals surface area (Å²) in [6, 6.07) is 7.75. The van der Waals surface area contributed by atoms with Crippen LogP contribution in [0.5, 0.6) is 0 Å². The van der Waals surface area contributed by atoms with Crippen LogP contribution in [0.3, 0.4) is 0 Å². The number of nitrogens with zero attached hydrogens (tertiary/aromatic N) is 3. The maximum absolute atomic E-state index is 12.6. The maximum atomic E-state index is 12.6. The van der Waals surface area contributed by atoms with E-state index in [2.05, 4.69) is 15.4 Å². The second-order valence-corrected chi connectivity index (χ2v) is 6.40. The van der Waals surface area contributed by atoms with Gasteiger partial charge in [0.15, 0.2) is 5.65 Å². The van der Waals surface area contributed by atoms with Crippen LogP contribution in [-0.4, -0.2) is 20.5 Å². The molecule has 4 rings (SSSR count). The molecule has 1 aliphatic carbocycles. The summed E-state index contributed by atoms with van der Waals surface area (Å²) in [6.45, 7) is 2.02. The first-order valence-electron chi connectivity index (χ1n) is 8.45. The van der Waals surface area contributed by atoms with E-state index in [9.17, 15) is 4.79 Å². The lowest BCUT2D eigenvalue weighted by Gasteiger charge is -2.08. The van der Waals surface area contributed by atoms with Gasteiger partial charge in [0.25, 0.3) is 5.91 Å². The van der Waals surface area contributed by atoms with Crippen molar-refractivity contribution >= 4 is 17.2 Å². The van der Waals surface area contributed by atoms with Gasteiger partial charge in [-0.15, -0.1) is 0 Å².